The van der Waals surface area contributed by atoms with Crippen molar-refractivity contribution in [1.82, 2.24) is 19.9 Å². The Morgan fingerprint density at radius 2 is 1.89 bits per heavy atom. The number of likely N-dealkylation sites (tertiary alicyclic amines) is 1. The van der Waals surface area contributed by atoms with Gasteiger partial charge in [0.15, 0.2) is 0 Å². The Balaban J connectivity index is 1.26. The number of aromatic nitrogens is 3. The van der Waals surface area contributed by atoms with E-state index < -0.39 is 0 Å². The smallest absolute Gasteiger partial charge is 0.255 e. The second-order valence-corrected chi connectivity index (χ2v) is 10.2. The molecular formula is C31H34N6O. The number of nitrogens with one attached hydrogen (secondary N) is 2. The maximum absolute atomic E-state index is 13.1. The van der Waals surface area contributed by atoms with Crippen LogP contribution in [0.5, 0.6) is 0 Å². The first-order valence-corrected chi connectivity index (χ1v) is 13.2. The normalized spacial score (nSPS) is 15.8. The van der Waals surface area contributed by atoms with E-state index in [1.807, 2.05) is 55.5 Å². The molecule has 5 rings (SSSR count). The number of hydrogen-bond acceptors (Lipinski definition) is 6. The minimum atomic E-state index is -0.158. The maximum Gasteiger partial charge on any atom is 0.255 e. The van der Waals surface area contributed by atoms with Crippen LogP contribution in [0.3, 0.4) is 0 Å². The van der Waals surface area contributed by atoms with E-state index in [1.54, 1.807) is 18.6 Å². The predicted octanol–water partition coefficient (Wildman–Crippen LogP) is 6.43. The summed E-state index contributed by atoms with van der Waals surface area (Å²) in [5, 5.41) is 6.31. The Kier molecular flexibility index (Phi) is 7.75. The number of nitrogens with zero attached hydrogens (tertiary/aromatic N) is 4. The molecule has 7 nitrogen and oxygen atoms in total. The van der Waals surface area contributed by atoms with E-state index in [4.69, 9.17) is 0 Å². The molecule has 0 bridgehead atoms. The van der Waals surface area contributed by atoms with Crippen molar-refractivity contribution in [3.8, 4) is 11.3 Å². The van der Waals surface area contributed by atoms with Crippen LogP contribution in [0.1, 0.15) is 54.1 Å². The molecule has 0 aliphatic carbocycles. The van der Waals surface area contributed by atoms with E-state index >= 15 is 0 Å². The van der Waals surface area contributed by atoms with E-state index in [0.29, 0.717) is 23.5 Å². The van der Waals surface area contributed by atoms with Crippen molar-refractivity contribution in [3.05, 3.63) is 95.9 Å². The lowest BCUT2D eigenvalue weighted by atomic mass is 9.90. The van der Waals surface area contributed by atoms with Gasteiger partial charge in [0.1, 0.15) is 0 Å². The molecule has 1 aliphatic rings. The summed E-state index contributed by atoms with van der Waals surface area (Å²) < 4.78 is 0. The maximum atomic E-state index is 13.1. The summed E-state index contributed by atoms with van der Waals surface area (Å²) in [4.78, 5) is 28.8. The third-order valence-electron chi connectivity index (χ3n) is 7.18. The second-order valence-electron chi connectivity index (χ2n) is 10.2. The quantitative estimate of drug-likeness (QED) is 0.301. The molecule has 1 saturated heterocycles. The predicted molar refractivity (Wildman–Crippen MR) is 153 cm³/mol. The van der Waals surface area contributed by atoms with Crippen molar-refractivity contribution in [1.29, 1.82) is 0 Å². The Hall–Kier alpha value is -4.10. The lowest BCUT2D eigenvalue weighted by molar-refractivity contribution is 0.102. The van der Waals surface area contributed by atoms with Crippen LogP contribution in [0, 0.1) is 6.92 Å². The van der Waals surface area contributed by atoms with Crippen LogP contribution >= 0.6 is 0 Å². The lowest BCUT2D eigenvalue weighted by Crippen LogP contribution is -2.39. The Labute approximate surface area is 224 Å². The molecule has 2 aromatic carbocycles. The molecule has 2 aromatic heterocycles. The first kappa shape index (κ1) is 25.5. The van der Waals surface area contributed by atoms with Gasteiger partial charge in [-0.2, -0.15) is 0 Å². The fourth-order valence-corrected chi connectivity index (χ4v) is 4.90. The zero-order chi connectivity index (χ0) is 26.5. The van der Waals surface area contributed by atoms with Crippen molar-refractivity contribution in [2.45, 2.75) is 45.6 Å². The van der Waals surface area contributed by atoms with Crippen molar-refractivity contribution < 1.29 is 4.79 Å². The van der Waals surface area contributed by atoms with Gasteiger partial charge >= 0.3 is 0 Å². The molecular weight excluding hydrogens is 472 g/mol. The summed E-state index contributed by atoms with van der Waals surface area (Å²) in [7, 11) is 0. The van der Waals surface area contributed by atoms with Gasteiger partial charge in [-0.25, -0.2) is 9.97 Å². The van der Waals surface area contributed by atoms with Gasteiger partial charge < -0.3 is 15.5 Å². The van der Waals surface area contributed by atoms with Crippen LogP contribution in [-0.4, -0.2) is 44.9 Å². The minimum absolute atomic E-state index is 0.158. The first-order valence-electron chi connectivity index (χ1n) is 13.2. The number of hydrogen-bond donors (Lipinski definition) is 2. The SMILES string of the molecule is Cc1ccc(C(=O)Nc2ccc(C3CCCN(C(C)C)C3)cc2)cc1Nc1nccc(-c2cccnc2)n1. The molecule has 1 fully saturated rings. The van der Waals surface area contributed by atoms with Gasteiger partial charge in [0.25, 0.3) is 5.91 Å². The number of carbonyl (C=O) groups is 1. The molecule has 194 valence electrons. The van der Waals surface area contributed by atoms with Gasteiger partial charge in [-0.05, 0) is 99.7 Å². The number of anilines is 3. The topological polar surface area (TPSA) is 83.0 Å². The third-order valence-corrected chi connectivity index (χ3v) is 7.18. The highest BCUT2D eigenvalue weighted by Gasteiger charge is 2.22. The number of piperidine rings is 1. The van der Waals surface area contributed by atoms with Crippen LogP contribution in [0.25, 0.3) is 11.3 Å². The van der Waals surface area contributed by atoms with Crippen LogP contribution < -0.4 is 10.6 Å². The molecule has 1 unspecified atom stereocenters. The molecule has 4 aromatic rings. The van der Waals surface area contributed by atoms with Gasteiger partial charge in [-0.15, -0.1) is 0 Å². The van der Waals surface area contributed by atoms with E-state index in [-0.39, 0.29) is 5.91 Å². The molecule has 1 amide bonds. The van der Waals surface area contributed by atoms with Crippen LogP contribution in [0.4, 0.5) is 17.3 Å². The molecule has 0 radical (unpaired) electrons. The van der Waals surface area contributed by atoms with E-state index in [1.165, 1.54) is 24.9 Å². The molecule has 1 aliphatic heterocycles. The molecule has 0 saturated carbocycles. The summed E-state index contributed by atoms with van der Waals surface area (Å²) in [6.07, 6.45) is 7.65. The zero-order valence-electron chi connectivity index (χ0n) is 22.2. The molecule has 3 heterocycles. The van der Waals surface area contributed by atoms with Gasteiger partial charge in [0, 0.05) is 53.7 Å². The standard InChI is InChI=1S/C31H34N6O/c1-21(2)37-17-5-7-26(20-37)23-10-12-27(13-11-23)34-30(38)24-9-8-22(3)29(18-24)36-31-33-16-14-28(35-31)25-6-4-15-32-19-25/h4,6,8-16,18-19,21,26H,5,7,17,20H2,1-3H3,(H,34,38)(H,33,35,36). The van der Waals surface area contributed by atoms with E-state index in [2.05, 4.69) is 56.5 Å². The fourth-order valence-electron chi connectivity index (χ4n) is 4.90. The second kappa shape index (κ2) is 11.5. The highest BCUT2D eigenvalue weighted by Crippen LogP contribution is 2.29. The average molecular weight is 507 g/mol. The van der Waals surface area contributed by atoms with Gasteiger partial charge in [-0.3, -0.25) is 9.78 Å². The van der Waals surface area contributed by atoms with Crippen molar-refractivity contribution in [3.63, 3.8) is 0 Å². The van der Waals surface area contributed by atoms with E-state index in [0.717, 1.165) is 34.7 Å². The number of amides is 1. The Morgan fingerprint density at radius 3 is 2.66 bits per heavy atom. The number of carbonyl (C=O) groups excluding carboxylic acids is 1. The highest BCUT2D eigenvalue weighted by atomic mass is 16.1. The van der Waals surface area contributed by atoms with Crippen LogP contribution in [0.15, 0.2) is 79.3 Å². The minimum Gasteiger partial charge on any atom is -0.324 e. The molecule has 2 N–H and O–H groups in total. The molecule has 1 atom stereocenters. The average Bonchev–Trinajstić information content (AvgIpc) is 2.95. The van der Waals surface area contributed by atoms with Crippen LogP contribution in [0.2, 0.25) is 0 Å². The summed E-state index contributed by atoms with van der Waals surface area (Å²) in [5.74, 6) is 0.844. The van der Waals surface area contributed by atoms with Gasteiger partial charge in [0.2, 0.25) is 5.95 Å². The third kappa shape index (κ3) is 6.06. The van der Waals surface area contributed by atoms with Gasteiger partial charge in [-0.1, -0.05) is 18.2 Å². The summed E-state index contributed by atoms with van der Waals surface area (Å²) in [6, 6.07) is 20.2. The monoisotopic (exact) mass is 506 g/mol. The first-order chi connectivity index (χ1) is 18.5. The number of pyridine rings is 1. The molecule has 0 spiro atoms. The largest absolute Gasteiger partial charge is 0.324 e. The number of rotatable bonds is 7. The van der Waals surface area contributed by atoms with Crippen LogP contribution in [-0.2, 0) is 0 Å². The summed E-state index contributed by atoms with van der Waals surface area (Å²) in [5.41, 5.74) is 6.14. The number of benzene rings is 2. The zero-order valence-corrected chi connectivity index (χ0v) is 22.2. The van der Waals surface area contributed by atoms with E-state index in [9.17, 15) is 4.79 Å². The van der Waals surface area contributed by atoms with Crippen molar-refractivity contribution in [2.75, 3.05) is 23.7 Å². The summed E-state index contributed by atoms with van der Waals surface area (Å²) >= 11 is 0. The molecule has 7 heteroatoms. The fraction of sp³-hybridized carbons (Fsp3) is 0.290. The Morgan fingerprint density at radius 1 is 1.05 bits per heavy atom. The highest BCUT2D eigenvalue weighted by molar-refractivity contribution is 6.05. The Bertz CT molecular complexity index is 1390. The van der Waals surface area contributed by atoms with Crippen molar-refractivity contribution in [2.24, 2.45) is 0 Å². The lowest BCUT2D eigenvalue weighted by Gasteiger charge is -2.35. The summed E-state index contributed by atoms with van der Waals surface area (Å²) in [6.45, 7) is 8.79. The molecule has 38 heavy (non-hydrogen) atoms. The van der Waals surface area contributed by atoms with Gasteiger partial charge in [0.05, 0.1) is 5.69 Å². The van der Waals surface area contributed by atoms with Crippen molar-refractivity contribution >= 4 is 23.2 Å². The number of aryl methyl sites for hydroxylation is 1.